The van der Waals surface area contributed by atoms with E-state index in [0.717, 1.165) is 6.07 Å². The fourth-order valence-corrected chi connectivity index (χ4v) is 4.47. The van der Waals surface area contributed by atoms with Crippen molar-refractivity contribution in [3.8, 4) is 54.6 Å². The predicted molar refractivity (Wildman–Crippen MR) is 138 cm³/mol. The maximum absolute atomic E-state index is 13.8. The second-order valence-corrected chi connectivity index (χ2v) is 8.74. The lowest BCUT2D eigenvalue weighted by Crippen LogP contribution is -2.27. The zero-order chi connectivity index (χ0) is 34.6. The number of benzene rings is 3. The number of alkyl halides is 6. The lowest BCUT2D eigenvalue weighted by atomic mass is 9.87. The molecule has 9 nitrogen and oxygen atoms in total. The molecular formula is C31H5F6N9. The molecule has 0 aliphatic heterocycles. The van der Waals surface area contributed by atoms with E-state index in [9.17, 15) is 73.7 Å². The van der Waals surface area contributed by atoms with E-state index >= 15 is 0 Å². The van der Waals surface area contributed by atoms with E-state index in [0.29, 0.717) is 24.3 Å². The minimum absolute atomic E-state index is 0.336. The van der Waals surface area contributed by atoms with Crippen LogP contribution in [0, 0.1) is 102 Å². The lowest BCUT2D eigenvalue weighted by molar-refractivity contribution is -0.138. The molecule has 0 aromatic heterocycles. The molecule has 3 rings (SSSR count). The quantitative estimate of drug-likeness (QED) is 0.375. The van der Waals surface area contributed by atoms with Crippen molar-refractivity contribution in [1.29, 1.82) is 47.4 Å². The molecule has 0 saturated heterocycles. The van der Waals surface area contributed by atoms with Gasteiger partial charge in [-0.05, 0) is 30.3 Å². The van der Waals surface area contributed by atoms with Crippen LogP contribution >= 0.6 is 0 Å². The largest absolute Gasteiger partial charge is 0.417 e. The van der Waals surface area contributed by atoms with Crippen molar-refractivity contribution in [2.24, 2.45) is 0 Å². The van der Waals surface area contributed by atoms with Gasteiger partial charge in [0.05, 0.1) is 79.4 Å². The van der Waals surface area contributed by atoms with Crippen molar-refractivity contribution >= 4 is 11.1 Å². The lowest BCUT2D eigenvalue weighted by Gasteiger charge is -2.14. The molecule has 0 aliphatic rings. The van der Waals surface area contributed by atoms with Gasteiger partial charge in [-0.1, -0.05) is 0 Å². The second-order valence-electron chi connectivity index (χ2n) is 8.74. The Kier molecular flexibility index (Phi) is 8.81. The topological polar surface area (TPSA) is 214 Å². The van der Waals surface area contributed by atoms with Gasteiger partial charge in [-0.3, -0.25) is 0 Å². The van der Waals surface area contributed by atoms with Crippen molar-refractivity contribution in [3.05, 3.63) is 102 Å². The Labute approximate surface area is 253 Å². The second kappa shape index (κ2) is 12.3. The van der Waals surface area contributed by atoms with Crippen LogP contribution in [0.2, 0.25) is 0 Å². The van der Waals surface area contributed by atoms with Gasteiger partial charge < -0.3 is 0 Å². The number of nitrogens with zero attached hydrogens (tertiary/aromatic N) is 9. The zero-order valence-corrected chi connectivity index (χ0v) is 22.2. The van der Waals surface area contributed by atoms with Gasteiger partial charge in [-0.2, -0.15) is 73.7 Å². The fraction of sp³-hybridized carbons (Fsp3) is 0.0645. The molecule has 0 saturated carbocycles. The van der Waals surface area contributed by atoms with E-state index in [-0.39, 0.29) is 0 Å². The average Bonchev–Trinajstić information content (AvgIpc) is 3.03. The van der Waals surface area contributed by atoms with Crippen LogP contribution in [0.1, 0.15) is 61.2 Å². The molecule has 0 bridgehead atoms. The molecule has 0 radical (unpaired) electrons. The van der Waals surface area contributed by atoms with E-state index in [2.05, 4.69) is 0 Å². The molecule has 0 unspecified atom stereocenters. The Morgan fingerprint density at radius 1 is 0.457 bits per heavy atom. The van der Waals surface area contributed by atoms with Gasteiger partial charge in [0, 0.05) is 21.6 Å². The van der Waals surface area contributed by atoms with Crippen LogP contribution in [0.25, 0.3) is 11.1 Å². The summed E-state index contributed by atoms with van der Waals surface area (Å²) in [7, 11) is 0. The maximum atomic E-state index is 13.8. The number of hydrogen-bond donors (Lipinski definition) is 0. The SMILES string of the molecule is N#C/C(c1cc(C#N)cc(C(F)(F)F)c1C#N)=c1/c(C#N)c/c(=C(\C#N)c2cc(C#N)cc(C(F)(F)F)c2C#N)c(C#N)c1C#N. The van der Waals surface area contributed by atoms with E-state index in [1.54, 1.807) is 6.07 Å². The summed E-state index contributed by atoms with van der Waals surface area (Å²) in [5, 5.41) is 86.5. The average molecular weight is 617 g/mol. The van der Waals surface area contributed by atoms with Crippen molar-refractivity contribution in [1.82, 2.24) is 0 Å². The van der Waals surface area contributed by atoms with Gasteiger partial charge in [0.1, 0.15) is 36.4 Å². The Bertz CT molecular complexity index is 2390. The normalized spacial score (nSPS) is 11.8. The van der Waals surface area contributed by atoms with Crippen molar-refractivity contribution in [3.63, 3.8) is 0 Å². The zero-order valence-electron chi connectivity index (χ0n) is 22.2. The first-order valence-corrected chi connectivity index (χ1v) is 11.8. The monoisotopic (exact) mass is 617 g/mol. The van der Waals surface area contributed by atoms with E-state index in [4.69, 9.17) is 0 Å². The van der Waals surface area contributed by atoms with E-state index < -0.39 is 95.1 Å². The Hall–Kier alpha value is -7.61. The summed E-state index contributed by atoms with van der Waals surface area (Å²) < 4.78 is 82.9. The highest BCUT2D eigenvalue weighted by Gasteiger charge is 2.37. The van der Waals surface area contributed by atoms with Gasteiger partial charge in [-0.25, -0.2) is 0 Å². The molecule has 0 aliphatic carbocycles. The predicted octanol–water partition coefficient (Wildman–Crippen LogP) is 4.27. The molecule has 3 aromatic carbocycles. The minimum Gasteiger partial charge on any atom is -0.192 e. The van der Waals surface area contributed by atoms with Crippen LogP contribution in [0.15, 0.2) is 30.3 Å². The Morgan fingerprint density at radius 2 is 0.870 bits per heavy atom. The van der Waals surface area contributed by atoms with Gasteiger partial charge in [-0.15, -0.1) is 0 Å². The molecule has 3 aromatic rings. The first kappa shape index (κ1) is 32.9. The first-order chi connectivity index (χ1) is 21.7. The van der Waals surface area contributed by atoms with E-state index in [1.807, 2.05) is 0 Å². The molecule has 0 fully saturated rings. The number of halogens is 6. The van der Waals surface area contributed by atoms with Crippen LogP contribution in [0.5, 0.6) is 0 Å². The van der Waals surface area contributed by atoms with Crippen LogP contribution in [-0.2, 0) is 12.4 Å². The third-order valence-electron chi connectivity index (χ3n) is 6.32. The van der Waals surface area contributed by atoms with Gasteiger partial charge in [0.15, 0.2) is 0 Å². The number of rotatable bonds is 2. The highest BCUT2D eigenvalue weighted by atomic mass is 19.4. The molecule has 15 heteroatoms. The molecule has 0 heterocycles. The third-order valence-corrected chi connectivity index (χ3v) is 6.32. The molecule has 0 atom stereocenters. The van der Waals surface area contributed by atoms with Gasteiger partial charge in [0.2, 0.25) is 0 Å². The minimum atomic E-state index is -5.21. The number of nitriles is 9. The van der Waals surface area contributed by atoms with Crippen molar-refractivity contribution in [2.45, 2.75) is 12.4 Å². The Morgan fingerprint density at radius 3 is 1.20 bits per heavy atom. The molecule has 0 amide bonds. The summed E-state index contributed by atoms with van der Waals surface area (Å²) in [4.78, 5) is 0. The van der Waals surface area contributed by atoms with Crippen LogP contribution in [-0.4, -0.2) is 0 Å². The molecule has 46 heavy (non-hydrogen) atoms. The third kappa shape index (κ3) is 5.58. The smallest absolute Gasteiger partial charge is 0.192 e. The summed E-state index contributed by atoms with van der Waals surface area (Å²) in [5.41, 5.74) is -12.9. The fourth-order valence-electron chi connectivity index (χ4n) is 4.47. The molecule has 216 valence electrons. The summed E-state index contributed by atoms with van der Waals surface area (Å²) in [6.45, 7) is 0. The summed E-state index contributed by atoms with van der Waals surface area (Å²) in [6, 6.07) is 15.9. The maximum Gasteiger partial charge on any atom is 0.417 e. The Balaban J connectivity index is 2.82. The molecule has 0 spiro atoms. The first-order valence-electron chi connectivity index (χ1n) is 11.8. The van der Waals surface area contributed by atoms with Crippen LogP contribution in [0.3, 0.4) is 0 Å². The highest BCUT2D eigenvalue weighted by Crippen LogP contribution is 2.37. The summed E-state index contributed by atoms with van der Waals surface area (Å²) in [6.07, 6.45) is -10.4. The molecule has 0 N–H and O–H groups in total. The van der Waals surface area contributed by atoms with Crippen LogP contribution in [0.4, 0.5) is 26.3 Å². The van der Waals surface area contributed by atoms with Gasteiger partial charge in [0.25, 0.3) is 0 Å². The standard InChI is InChI=1S/C31H5F6N9/c32-30(33,34)27-3-15(6-38)1-18(23(27)11-43)21(9-41)20-5-17(8-40)29(26(14-46)22(20)10-42)25(13-45)19-2-16(7-39)4-28(24(19)12-44)31(35,36)37/h1-5H/b21-20-,29-25+. The van der Waals surface area contributed by atoms with Crippen LogP contribution < -0.4 is 10.4 Å². The van der Waals surface area contributed by atoms with Gasteiger partial charge >= 0.3 is 12.4 Å². The highest BCUT2D eigenvalue weighted by molar-refractivity contribution is 5.86. The summed E-state index contributed by atoms with van der Waals surface area (Å²) in [5.74, 6) is 0. The van der Waals surface area contributed by atoms with Crippen molar-refractivity contribution < 1.29 is 26.3 Å². The van der Waals surface area contributed by atoms with E-state index in [1.165, 1.54) is 48.6 Å². The summed E-state index contributed by atoms with van der Waals surface area (Å²) >= 11 is 0. The van der Waals surface area contributed by atoms with Crippen molar-refractivity contribution in [2.75, 3.05) is 0 Å². The molecular weight excluding hydrogens is 612 g/mol. The number of hydrogen-bond acceptors (Lipinski definition) is 9.